The van der Waals surface area contributed by atoms with E-state index >= 15 is 0 Å². The summed E-state index contributed by atoms with van der Waals surface area (Å²) in [5.41, 5.74) is 1.94. The summed E-state index contributed by atoms with van der Waals surface area (Å²) in [5, 5.41) is 4.38. The maximum atomic E-state index is 13.3. The Kier molecular flexibility index (Phi) is 6.45. The average Bonchev–Trinajstić information content (AvgIpc) is 3.32. The van der Waals surface area contributed by atoms with Gasteiger partial charge in [-0.05, 0) is 104 Å². The molecule has 0 spiro atoms. The topological polar surface area (TPSA) is 34.9 Å². The third kappa shape index (κ3) is 3.82. The van der Waals surface area contributed by atoms with Crippen LogP contribution in [0.3, 0.4) is 0 Å². The van der Waals surface area contributed by atoms with E-state index in [1.807, 2.05) is 37.8 Å². The second-order valence-corrected chi connectivity index (χ2v) is 11.9. The molecule has 4 aliphatic carbocycles. The quantitative estimate of drug-likeness (QED) is 0.517. The van der Waals surface area contributed by atoms with Crippen molar-refractivity contribution in [1.82, 2.24) is 9.78 Å². The fourth-order valence-electron chi connectivity index (χ4n) is 8.82. The van der Waals surface area contributed by atoms with Crippen LogP contribution < -0.4 is 0 Å². The summed E-state index contributed by atoms with van der Waals surface area (Å²) in [5.74, 6) is 5.11. The molecule has 4 saturated carbocycles. The van der Waals surface area contributed by atoms with E-state index < -0.39 is 0 Å². The monoisotopic (exact) mass is 426 g/mol. The van der Waals surface area contributed by atoms with Gasteiger partial charge in [-0.2, -0.15) is 5.10 Å². The summed E-state index contributed by atoms with van der Waals surface area (Å²) >= 11 is 0. The zero-order chi connectivity index (χ0) is 22.4. The van der Waals surface area contributed by atoms with Gasteiger partial charge in [-0.25, -0.2) is 0 Å². The zero-order valence-electron chi connectivity index (χ0n) is 21.0. The molecule has 0 bridgehead atoms. The van der Waals surface area contributed by atoms with Gasteiger partial charge in [-0.15, -0.1) is 0 Å². The molecular weight excluding hydrogens is 380 g/mol. The summed E-state index contributed by atoms with van der Waals surface area (Å²) in [6, 6.07) is 0. The highest BCUT2D eigenvalue weighted by molar-refractivity contribution is 5.82. The van der Waals surface area contributed by atoms with E-state index in [-0.39, 0.29) is 11.3 Å². The number of Topliss-reactive ketones (excluding diaryl/α,β-unsaturated/α-hetero) is 1. The van der Waals surface area contributed by atoms with Gasteiger partial charge in [0.2, 0.25) is 0 Å². The molecule has 1 aromatic heterocycles. The number of carbonyl (C=O) groups excluding carboxylic acids is 1. The largest absolute Gasteiger partial charge is 0.297 e. The highest BCUT2D eigenvalue weighted by Crippen LogP contribution is 2.67. The number of aryl methyl sites for hydroxylation is 1. The van der Waals surface area contributed by atoms with Crippen LogP contribution in [0.4, 0.5) is 0 Å². The van der Waals surface area contributed by atoms with E-state index in [9.17, 15) is 4.79 Å². The molecule has 0 aromatic carbocycles. The van der Waals surface area contributed by atoms with Crippen LogP contribution in [0.1, 0.15) is 98.0 Å². The van der Waals surface area contributed by atoms with Crippen molar-refractivity contribution < 1.29 is 4.79 Å². The van der Waals surface area contributed by atoms with Crippen LogP contribution in [0.25, 0.3) is 0 Å². The summed E-state index contributed by atoms with van der Waals surface area (Å²) in [4.78, 5) is 13.3. The van der Waals surface area contributed by atoms with Crippen LogP contribution in [0.2, 0.25) is 0 Å². The van der Waals surface area contributed by atoms with Gasteiger partial charge >= 0.3 is 0 Å². The van der Waals surface area contributed by atoms with Gasteiger partial charge in [0.05, 0.1) is 12.7 Å². The van der Waals surface area contributed by atoms with Crippen LogP contribution >= 0.6 is 0 Å². The maximum absolute atomic E-state index is 13.3. The van der Waals surface area contributed by atoms with Gasteiger partial charge in [0, 0.05) is 12.1 Å². The first kappa shape index (κ1) is 23.1. The van der Waals surface area contributed by atoms with Gasteiger partial charge in [0.1, 0.15) is 0 Å². The Morgan fingerprint density at radius 2 is 1.74 bits per heavy atom. The first-order valence-corrected chi connectivity index (χ1v) is 13.3. The van der Waals surface area contributed by atoms with Gasteiger partial charge in [-0.1, -0.05) is 41.0 Å². The van der Waals surface area contributed by atoms with Crippen LogP contribution in [0.5, 0.6) is 0 Å². The smallest absolute Gasteiger partial charge is 0.157 e. The Bertz CT molecular complexity index is 784. The van der Waals surface area contributed by atoms with Gasteiger partial charge in [0.15, 0.2) is 5.78 Å². The number of rotatable bonds is 3. The van der Waals surface area contributed by atoms with Gasteiger partial charge in [0.25, 0.3) is 0 Å². The average molecular weight is 427 g/mol. The van der Waals surface area contributed by atoms with Crippen LogP contribution in [0, 0.1) is 53.3 Å². The number of hydrogen-bond acceptors (Lipinski definition) is 2. The normalized spacial score (nSPS) is 43.8. The van der Waals surface area contributed by atoms with Crippen molar-refractivity contribution in [3.05, 3.63) is 18.0 Å². The van der Waals surface area contributed by atoms with Crippen molar-refractivity contribution >= 4 is 5.78 Å². The minimum Gasteiger partial charge on any atom is -0.297 e. The molecule has 0 saturated heterocycles. The lowest BCUT2D eigenvalue weighted by molar-refractivity contribution is -0.137. The third-order valence-electron chi connectivity index (χ3n) is 10.4. The number of nitrogens with zero attached hydrogens (tertiary/aromatic N) is 2. The highest BCUT2D eigenvalue weighted by Gasteiger charge is 2.60. The van der Waals surface area contributed by atoms with E-state index in [1.165, 1.54) is 51.4 Å². The molecule has 8 atom stereocenters. The van der Waals surface area contributed by atoms with Crippen molar-refractivity contribution in [2.24, 2.45) is 46.3 Å². The first-order chi connectivity index (χ1) is 14.8. The van der Waals surface area contributed by atoms with E-state index in [0.29, 0.717) is 17.7 Å². The fraction of sp³-hybridized carbons (Fsp3) is 0.857. The molecule has 0 N–H and O–H groups in total. The molecule has 0 amide bonds. The zero-order valence-corrected chi connectivity index (χ0v) is 21.0. The van der Waals surface area contributed by atoms with Gasteiger partial charge < -0.3 is 0 Å². The van der Waals surface area contributed by atoms with Gasteiger partial charge in [-0.3, -0.25) is 9.48 Å². The summed E-state index contributed by atoms with van der Waals surface area (Å²) in [6.07, 6.45) is 16.1. The van der Waals surface area contributed by atoms with E-state index in [0.717, 1.165) is 41.6 Å². The summed E-state index contributed by atoms with van der Waals surface area (Å²) < 4.78 is 1.86. The van der Waals surface area contributed by atoms with Crippen molar-refractivity contribution in [1.29, 1.82) is 0 Å². The molecule has 3 heteroatoms. The molecule has 0 aliphatic heterocycles. The number of aromatic nitrogens is 2. The van der Waals surface area contributed by atoms with E-state index in [4.69, 9.17) is 0 Å². The Balaban J connectivity index is 0.00000112. The Morgan fingerprint density at radius 3 is 2.45 bits per heavy atom. The molecule has 3 nitrogen and oxygen atoms in total. The highest BCUT2D eigenvalue weighted by atomic mass is 16.1. The molecular formula is C28H46N2O. The number of fused-ring (bicyclic) bond motifs is 5. The Morgan fingerprint density at radius 1 is 1.03 bits per heavy atom. The second-order valence-electron chi connectivity index (χ2n) is 11.9. The van der Waals surface area contributed by atoms with Crippen LogP contribution in [-0.4, -0.2) is 15.6 Å². The SMILES string of the molecule is CC.Cc1cnn(CC(=O)[C@H]2CCC3C4CCC5C[C@@H](C)CCC5(C)C4CCC32C)c1. The lowest BCUT2D eigenvalue weighted by atomic mass is 9.44. The van der Waals surface area contributed by atoms with Crippen molar-refractivity contribution in [2.75, 3.05) is 0 Å². The third-order valence-corrected chi connectivity index (χ3v) is 10.4. The fourth-order valence-corrected chi connectivity index (χ4v) is 8.82. The van der Waals surface area contributed by atoms with Crippen molar-refractivity contribution in [2.45, 2.75) is 106 Å². The van der Waals surface area contributed by atoms with E-state index in [1.54, 1.807) is 0 Å². The summed E-state index contributed by atoms with van der Waals surface area (Å²) in [6.45, 7) is 14.1. The van der Waals surface area contributed by atoms with Crippen LogP contribution in [0.15, 0.2) is 12.4 Å². The standard InChI is InChI=1S/C26H40N2O.C2H6/c1-17-9-11-25(3)19(13-17)5-6-20-21-7-8-23(26(21,4)12-10-22(20)25)24(29)16-28-15-18(2)14-27-28;1-2/h14-15,17,19-23H,5-13,16H2,1-4H3;1-2H3/t17-,19?,20?,21?,22?,23+,25?,26?;/m0./s1. The molecule has 4 aliphatic rings. The lowest BCUT2D eigenvalue weighted by Crippen LogP contribution is -2.53. The Hall–Kier alpha value is -1.12. The minimum atomic E-state index is 0.228. The minimum absolute atomic E-state index is 0.228. The lowest BCUT2D eigenvalue weighted by Gasteiger charge is -2.61. The van der Waals surface area contributed by atoms with Crippen molar-refractivity contribution in [3.8, 4) is 0 Å². The predicted octanol–water partition coefficient (Wildman–Crippen LogP) is 7.08. The van der Waals surface area contributed by atoms with Crippen molar-refractivity contribution in [3.63, 3.8) is 0 Å². The number of ketones is 1. The second kappa shape index (κ2) is 8.67. The molecule has 1 heterocycles. The maximum Gasteiger partial charge on any atom is 0.157 e. The number of carbonyl (C=O) groups is 1. The molecule has 31 heavy (non-hydrogen) atoms. The molecule has 6 unspecified atom stereocenters. The molecule has 174 valence electrons. The molecule has 1 aromatic rings. The Labute approximate surface area is 190 Å². The molecule has 5 rings (SSSR count). The molecule has 4 fully saturated rings. The van der Waals surface area contributed by atoms with E-state index in [2.05, 4.69) is 25.9 Å². The number of hydrogen-bond donors (Lipinski definition) is 0. The predicted molar refractivity (Wildman–Crippen MR) is 128 cm³/mol. The van der Waals surface area contributed by atoms with Crippen LogP contribution in [-0.2, 0) is 11.3 Å². The first-order valence-electron chi connectivity index (χ1n) is 13.3. The molecule has 0 radical (unpaired) electrons. The summed E-state index contributed by atoms with van der Waals surface area (Å²) in [7, 11) is 0.